The van der Waals surface area contributed by atoms with Crippen molar-refractivity contribution in [3.05, 3.63) is 59.2 Å². The third-order valence-corrected chi connectivity index (χ3v) is 2.46. The molecule has 1 aromatic carbocycles. The average Bonchev–Trinajstić information content (AvgIpc) is 2.46. The molecule has 94 valence electrons. The summed E-state index contributed by atoms with van der Waals surface area (Å²) in [5, 5.41) is 8.90. The van der Waals surface area contributed by atoms with Gasteiger partial charge in [0.25, 0.3) is 0 Å². The number of nitrogens with zero attached hydrogens (tertiary/aromatic N) is 2. The second kappa shape index (κ2) is 5.74. The Labute approximate surface area is 109 Å². The highest BCUT2D eigenvalue weighted by atomic mass is 19.1. The first-order valence-corrected chi connectivity index (χ1v) is 5.45. The standard InChI is InChI=1S/C14H9FN2O2/c15-12-2-1-10(6-16)11(5-12)9-19-14-4-3-13(8-18)17-7-14/h1-5,7-8H,9H2. The van der Waals surface area contributed by atoms with Gasteiger partial charge in [-0.15, -0.1) is 0 Å². The molecule has 0 aliphatic rings. The topological polar surface area (TPSA) is 63.0 Å². The van der Waals surface area contributed by atoms with Crippen LogP contribution in [0.5, 0.6) is 5.75 Å². The van der Waals surface area contributed by atoms with E-state index in [0.717, 1.165) is 0 Å². The van der Waals surface area contributed by atoms with Crippen LogP contribution in [0.3, 0.4) is 0 Å². The van der Waals surface area contributed by atoms with Crippen LogP contribution in [0.4, 0.5) is 4.39 Å². The fourth-order valence-electron chi connectivity index (χ4n) is 1.50. The van der Waals surface area contributed by atoms with Gasteiger partial charge in [-0.25, -0.2) is 9.37 Å². The van der Waals surface area contributed by atoms with Crippen LogP contribution in [-0.4, -0.2) is 11.3 Å². The maximum atomic E-state index is 13.1. The molecule has 0 bridgehead atoms. The van der Waals surface area contributed by atoms with Crippen molar-refractivity contribution in [2.45, 2.75) is 6.61 Å². The van der Waals surface area contributed by atoms with E-state index in [1.54, 1.807) is 6.07 Å². The Bertz CT molecular complexity index is 633. The highest BCUT2D eigenvalue weighted by molar-refractivity contribution is 5.71. The number of aromatic nitrogens is 1. The van der Waals surface area contributed by atoms with E-state index in [0.29, 0.717) is 28.9 Å². The fraction of sp³-hybridized carbons (Fsp3) is 0.0714. The second-order valence-electron chi connectivity index (χ2n) is 3.74. The summed E-state index contributed by atoms with van der Waals surface area (Å²) >= 11 is 0. The highest BCUT2D eigenvalue weighted by Gasteiger charge is 2.05. The van der Waals surface area contributed by atoms with E-state index in [1.165, 1.54) is 30.5 Å². The van der Waals surface area contributed by atoms with Crippen LogP contribution in [-0.2, 0) is 6.61 Å². The lowest BCUT2D eigenvalue weighted by Gasteiger charge is -2.07. The van der Waals surface area contributed by atoms with Crippen molar-refractivity contribution in [3.63, 3.8) is 0 Å². The second-order valence-corrected chi connectivity index (χ2v) is 3.74. The normalized spacial score (nSPS) is 9.68. The smallest absolute Gasteiger partial charge is 0.168 e. The summed E-state index contributed by atoms with van der Waals surface area (Å²) in [4.78, 5) is 14.3. The number of hydrogen-bond acceptors (Lipinski definition) is 4. The van der Waals surface area contributed by atoms with Gasteiger partial charge < -0.3 is 4.74 Å². The summed E-state index contributed by atoms with van der Waals surface area (Å²) < 4.78 is 18.5. The molecule has 2 rings (SSSR count). The van der Waals surface area contributed by atoms with Gasteiger partial charge in [0.2, 0.25) is 0 Å². The van der Waals surface area contributed by atoms with Crippen molar-refractivity contribution in [3.8, 4) is 11.8 Å². The van der Waals surface area contributed by atoms with Crippen LogP contribution >= 0.6 is 0 Å². The van der Waals surface area contributed by atoms with E-state index in [2.05, 4.69) is 4.98 Å². The van der Waals surface area contributed by atoms with Crippen molar-refractivity contribution in [2.75, 3.05) is 0 Å². The first-order valence-electron chi connectivity index (χ1n) is 5.45. The van der Waals surface area contributed by atoms with Gasteiger partial charge in [-0.2, -0.15) is 5.26 Å². The number of nitriles is 1. The number of pyridine rings is 1. The SMILES string of the molecule is N#Cc1ccc(F)cc1COc1ccc(C=O)nc1. The average molecular weight is 256 g/mol. The minimum Gasteiger partial charge on any atom is -0.487 e. The van der Waals surface area contributed by atoms with Gasteiger partial charge in [-0.1, -0.05) is 0 Å². The van der Waals surface area contributed by atoms with Crippen LogP contribution in [0.25, 0.3) is 0 Å². The van der Waals surface area contributed by atoms with Crippen molar-refractivity contribution in [1.82, 2.24) is 4.98 Å². The lowest BCUT2D eigenvalue weighted by atomic mass is 10.1. The first kappa shape index (κ1) is 12.7. The van der Waals surface area contributed by atoms with Gasteiger partial charge in [0, 0.05) is 5.56 Å². The van der Waals surface area contributed by atoms with Crippen molar-refractivity contribution < 1.29 is 13.9 Å². The zero-order valence-electron chi connectivity index (χ0n) is 9.84. The van der Waals surface area contributed by atoms with E-state index in [9.17, 15) is 9.18 Å². The molecule has 0 amide bonds. The van der Waals surface area contributed by atoms with Crippen molar-refractivity contribution in [1.29, 1.82) is 5.26 Å². The van der Waals surface area contributed by atoms with Gasteiger partial charge in [-0.3, -0.25) is 4.79 Å². The minimum atomic E-state index is -0.424. The van der Waals surface area contributed by atoms with E-state index in [1.807, 2.05) is 6.07 Å². The Kier molecular flexibility index (Phi) is 3.84. The third kappa shape index (κ3) is 3.13. The number of aldehydes is 1. The molecule has 2 aromatic rings. The number of hydrogen-bond donors (Lipinski definition) is 0. The molecule has 0 N–H and O–H groups in total. The van der Waals surface area contributed by atoms with Crippen LogP contribution in [0.1, 0.15) is 21.6 Å². The minimum absolute atomic E-state index is 0.0583. The van der Waals surface area contributed by atoms with Crippen molar-refractivity contribution >= 4 is 6.29 Å². The molecule has 0 unspecified atom stereocenters. The highest BCUT2D eigenvalue weighted by Crippen LogP contribution is 2.15. The quantitative estimate of drug-likeness (QED) is 0.788. The maximum Gasteiger partial charge on any atom is 0.168 e. The van der Waals surface area contributed by atoms with E-state index < -0.39 is 5.82 Å². The Balaban J connectivity index is 2.11. The molecule has 1 heterocycles. The molecule has 4 nitrogen and oxygen atoms in total. The Morgan fingerprint density at radius 3 is 2.84 bits per heavy atom. The summed E-state index contributed by atoms with van der Waals surface area (Å²) in [6.07, 6.45) is 2.03. The van der Waals surface area contributed by atoms with Gasteiger partial charge in [0.1, 0.15) is 23.9 Å². The number of ether oxygens (including phenoxy) is 1. The Morgan fingerprint density at radius 1 is 1.37 bits per heavy atom. The predicted octanol–water partition coefficient (Wildman–Crippen LogP) is 2.48. The van der Waals surface area contributed by atoms with Crippen molar-refractivity contribution in [2.24, 2.45) is 0 Å². The zero-order valence-corrected chi connectivity index (χ0v) is 9.84. The molecule has 0 fully saturated rings. The molecular weight excluding hydrogens is 247 g/mol. The molecule has 0 radical (unpaired) electrons. The number of rotatable bonds is 4. The van der Waals surface area contributed by atoms with Crippen LogP contribution < -0.4 is 4.74 Å². The van der Waals surface area contributed by atoms with E-state index >= 15 is 0 Å². The molecule has 5 heteroatoms. The maximum absolute atomic E-state index is 13.1. The van der Waals surface area contributed by atoms with Gasteiger partial charge in [0.05, 0.1) is 17.8 Å². The molecule has 1 aromatic heterocycles. The van der Waals surface area contributed by atoms with E-state index in [4.69, 9.17) is 10.00 Å². The van der Waals surface area contributed by atoms with Crippen LogP contribution in [0, 0.1) is 17.1 Å². The van der Waals surface area contributed by atoms with E-state index in [-0.39, 0.29) is 6.61 Å². The molecular formula is C14H9FN2O2. The van der Waals surface area contributed by atoms with Gasteiger partial charge >= 0.3 is 0 Å². The summed E-state index contributed by atoms with van der Waals surface area (Å²) in [6, 6.07) is 8.95. The zero-order chi connectivity index (χ0) is 13.7. The summed E-state index contributed by atoms with van der Waals surface area (Å²) in [5.41, 5.74) is 1.12. The summed E-state index contributed by atoms with van der Waals surface area (Å²) in [6.45, 7) is 0.0583. The Morgan fingerprint density at radius 2 is 2.21 bits per heavy atom. The molecule has 0 saturated carbocycles. The molecule has 0 saturated heterocycles. The Hall–Kier alpha value is -2.74. The summed E-state index contributed by atoms with van der Waals surface area (Å²) in [7, 11) is 0. The molecule has 0 aliphatic carbocycles. The molecule has 0 spiro atoms. The predicted molar refractivity (Wildman–Crippen MR) is 65.1 cm³/mol. The van der Waals surface area contributed by atoms with Gasteiger partial charge in [-0.05, 0) is 30.3 Å². The van der Waals surface area contributed by atoms with Gasteiger partial charge in [0.15, 0.2) is 6.29 Å². The third-order valence-electron chi connectivity index (χ3n) is 2.46. The van der Waals surface area contributed by atoms with Crippen LogP contribution in [0.2, 0.25) is 0 Å². The summed E-state index contributed by atoms with van der Waals surface area (Å²) in [5.74, 6) is 0.0192. The van der Waals surface area contributed by atoms with Crippen LogP contribution in [0.15, 0.2) is 36.5 Å². The first-order chi connectivity index (χ1) is 9.22. The number of carbonyl (C=O) groups excluding carboxylic acids is 1. The number of halogens is 1. The molecule has 0 aliphatic heterocycles. The number of benzene rings is 1. The monoisotopic (exact) mass is 256 g/mol. The molecule has 0 atom stereocenters. The molecule has 19 heavy (non-hydrogen) atoms. The fourth-order valence-corrected chi connectivity index (χ4v) is 1.50. The number of carbonyl (C=O) groups is 1. The largest absolute Gasteiger partial charge is 0.487 e. The lowest BCUT2D eigenvalue weighted by molar-refractivity contribution is 0.111. The lowest BCUT2D eigenvalue weighted by Crippen LogP contribution is -2.00.